The zero-order chi connectivity index (χ0) is 0. The second-order valence-electron chi connectivity index (χ2n) is 0. The maximum atomic E-state index is 0. The molecule has 0 spiro atoms. The first-order valence-corrected chi connectivity index (χ1v) is 0. The Balaban J connectivity index is 0. The van der Waals surface area contributed by atoms with Crippen LogP contribution in [0.1, 0.15) is 0 Å². The number of rotatable bonds is 0. The maximum Gasteiger partial charge on any atom is 0 e. The minimum Gasteiger partial charge on any atom is 0 e. The first kappa shape index (κ1) is 381. The smallest absolute Gasteiger partial charge is 0 e. The molecular formula is V34. The summed E-state index contributed by atoms with van der Waals surface area (Å²) in [4.78, 5) is 0. The fraction of sp³-hybridized carbons (Fsp3) is 0. The summed E-state index contributed by atoms with van der Waals surface area (Å²) in [5, 5.41) is 0. The summed E-state index contributed by atoms with van der Waals surface area (Å²) >= 11 is 0. The van der Waals surface area contributed by atoms with Crippen LogP contribution in [-0.2, 0) is 631 Å². The molecule has 0 aromatic heterocycles. The van der Waals surface area contributed by atoms with E-state index in [0.717, 1.165) is 0 Å². The van der Waals surface area contributed by atoms with E-state index in [2.05, 4.69) is 0 Å². The van der Waals surface area contributed by atoms with Crippen molar-refractivity contribution in [1.82, 2.24) is 0 Å². The van der Waals surface area contributed by atoms with Gasteiger partial charge in [0.1, 0.15) is 0 Å². The first-order valence-electron chi connectivity index (χ1n) is 0. The van der Waals surface area contributed by atoms with Crippen molar-refractivity contribution in [3.05, 3.63) is 0 Å². The zero-order valence-corrected chi connectivity index (χ0v) is 62.7. The Hall–Kier alpha value is 19.9. The Morgan fingerprint density at radius 2 is 0.0294 bits per heavy atom. The van der Waals surface area contributed by atoms with Gasteiger partial charge < -0.3 is 0 Å². The minimum absolute atomic E-state index is 0. The van der Waals surface area contributed by atoms with Gasteiger partial charge in [0.05, 0.1) is 0 Å². The summed E-state index contributed by atoms with van der Waals surface area (Å²) in [6.45, 7) is 0. The monoisotopic (exact) mass is 1730 g/mol. The molecule has 0 saturated heterocycles. The topological polar surface area (TPSA) is 0 Å². The average molecular weight is 1730 g/mol. The Labute approximate surface area is 614 Å². The van der Waals surface area contributed by atoms with Crippen molar-refractivity contribution in [3.8, 4) is 0 Å². The molecule has 0 atom stereocenters. The van der Waals surface area contributed by atoms with Crippen LogP contribution in [0.25, 0.3) is 0 Å². The summed E-state index contributed by atoms with van der Waals surface area (Å²) in [5.74, 6) is 0. The van der Waals surface area contributed by atoms with Crippen LogP contribution in [0.3, 0.4) is 0 Å². The molecule has 0 aliphatic carbocycles. The molecule has 0 unspecified atom stereocenters. The summed E-state index contributed by atoms with van der Waals surface area (Å²) < 4.78 is 0. The summed E-state index contributed by atoms with van der Waals surface area (Å²) in [5.41, 5.74) is 0. The molecule has 34 heteroatoms. The molecule has 0 aromatic carbocycles. The van der Waals surface area contributed by atoms with E-state index < -0.39 is 0 Å². The SMILES string of the molecule is [V].[V].[V].[V].[V].[V].[V].[V].[V].[V].[V].[V].[V].[V].[V].[V].[V].[V].[V].[V].[V].[V].[V].[V].[V].[V].[V].[V].[V].[V].[V].[V].[V].[V]. The van der Waals surface area contributed by atoms with Crippen LogP contribution < -0.4 is 0 Å². The quantitative estimate of drug-likeness (QED) is 0.319. The van der Waals surface area contributed by atoms with E-state index in [0.29, 0.717) is 0 Å². The molecule has 0 aromatic rings. The van der Waals surface area contributed by atoms with Gasteiger partial charge in [-0.05, 0) is 0 Å². The Kier molecular flexibility index (Phi) is 4040. The summed E-state index contributed by atoms with van der Waals surface area (Å²) in [6.07, 6.45) is 0. The van der Waals surface area contributed by atoms with E-state index in [1.807, 2.05) is 0 Å². The normalized spacial score (nSPS) is 0. The van der Waals surface area contributed by atoms with Gasteiger partial charge in [0.2, 0.25) is 0 Å². The molecule has 170 valence electrons. The van der Waals surface area contributed by atoms with Gasteiger partial charge in [-0.15, -0.1) is 0 Å². The standard InChI is InChI=1S/34V. The molecule has 0 heterocycles. The van der Waals surface area contributed by atoms with Crippen molar-refractivity contribution in [2.75, 3.05) is 0 Å². The molecular weight excluding hydrogens is 1730 g/mol. The van der Waals surface area contributed by atoms with E-state index in [-0.39, 0.29) is 631 Å². The van der Waals surface area contributed by atoms with E-state index in [4.69, 9.17) is 0 Å². The second-order valence-corrected chi connectivity index (χ2v) is 0. The van der Waals surface area contributed by atoms with E-state index in [9.17, 15) is 0 Å². The van der Waals surface area contributed by atoms with Crippen LogP contribution in [0.15, 0.2) is 0 Å². The molecule has 0 aliphatic heterocycles. The van der Waals surface area contributed by atoms with Crippen molar-refractivity contribution in [3.63, 3.8) is 0 Å². The van der Waals surface area contributed by atoms with Gasteiger partial charge in [-0.3, -0.25) is 0 Å². The predicted octanol–water partition coefficient (Wildman–Crippen LogP) is -0.0850. The van der Waals surface area contributed by atoms with Gasteiger partial charge >= 0.3 is 0 Å². The second kappa shape index (κ2) is 360. The van der Waals surface area contributed by atoms with Gasteiger partial charge in [0.15, 0.2) is 0 Å². The molecule has 0 rings (SSSR count). The van der Waals surface area contributed by atoms with Crippen LogP contribution >= 0.6 is 0 Å². The van der Waals surface area contributed by atoms with Gasteiger partial charge in [-0.1, -0.05) is 0 Å². The van der Waals surface area contributed by atoms with E-state index in [1.165, 1.54) is 0 Å². The van der Waals surface area contributed by atoms with Crippen LogP contribution in [0.4, 0.5) is 0 Å². The van der Waals surface area contributed by atoms with Crippen molar-refractivity contribution < 1.29 is 631 Å². The Bertz CT molecular complexity index is 0. The molecule has 0 bridgehead atoms. The van der Waals surface area contributed by atoms with Gasteiger partial charge in [-0.2, -0.15) is 0 Å². The minimum atomic E-state index is 0. The van der Waals surface area contributed by atoms with Crippen molar-refractivity contribution in [2.45, 2.75) is 0 Å². The molecule has 0 N–H and O–H groups in total. The van der Waals surface area contributed by atoms with Crippen molar-refractivity contribution in [1.29, 1.82) is 0 Å². The fourth-order valence-corrected chi connectivity index (χ4v) is 0. The largest absolute Gasteiger partial charge is 0 e. The van der Waals surface area contributed by atoms with Crippen LogP contribution in [-0.4, -0.2) is 0 Å². The zero-order valence-electron chi connectivity index (χ0n) is 15.2. The van der Waals surface area contributed by atoms with E-state index >= 15 is 0 Å². The first-order chi connectivity index (χ1) is 0. The Morgan fingerprint density at radius 1 is 0.0294 bits per heavy atom. The van der Waals surface area contributed by atoms with Crippen LogP contribution in [0.2, 0.25) is 0 Å². The average Bonchev–Trinajstić information content (AvgIpc) is 0. The predicted molar refractivity (Wildman–Crippen MR) is 0 cm³/mol. The maximum absolute atomic E-state index is 0. The van der Waals surface area contributed by atoms with Gasteiger partial charge in [0, 0.05) is 631 Å². The molecule has 34 heavy (non-hydrogen) atoms. The molecule has 0 saturated carbocycles. The number of hydrogen-bond donors (Lipinski definition) is 0. The van der Waals surface area contributed by atoms with Gasteiger partial charge in [-0.25, -0.2) is 0 Å². The van der Waals surface area contributed by atoms with Crippen LogP contribution in [0.5, 0.6) is 0 Å². The third kappa shape index (κ3) is 340. The van der Waals surface area contributed by atoms with E-state index in [1.54, 1.807) is 0 Å². The molecule has 0 nitrogen and oxygen atoms in total. The molecule has 0 aliphatic rings. The van der Waals surface area contributed by atoms with Crippen molar-refractivity contribution in [2.24, 2.45) is 0 Å². The third-order valence-corrected chi connectivity index (χ3v) is 0. The number of hydrogen-bond acceptors (Lipinski definition) is 0. The van der Waals surface area contributed by atoms with Gasteiger partial charge in [0.25, 0.3) is 0 Å². The molecule has 0 amide bonds. The molecule has 0 fully saturated rings. The Morgan fingerprint density at radius 3 is 0.0294 bits per heavy atom. The third-order valence-electron chi connectivity index (χ3n) is 0. The summed E-state index contributed by atoms with van der Waals surface area (Å²) in [7, 11) is 0. The van der Waals surface area contributed by atoms with Crippen molar-refractivity contribution >= 4 is 0 Å². The summed E-state index contributed by atoms with van der Waals surface area (Å²) in [6, 6.07) is 0. The fourth-order valence-electron chi connectivity index (χ4n) is 0. The molecule has 34 radical (unpaired) electrons. The van der Waals surface area contributed by atoms with Crippen LogP contribution in [0, 0.1) is 0 Å².